The first-order valence-corrected chi connectivity index (χ1v) is 7.86. The number of rotatable bonds is 2. The lowest BCUT2D eigenvalue weighted by Gasteiger charge is -2.35. The molecule has 1 aliphatic carbocycles. The molecule has 21 heavy (non-hydrogen) atoms. The molecule has 4 heteroatoms. The molecule has 114 valence electrons. The van der Waals surface area contributed by atoms with Gasteiger partial charge in [0.15, 0.2) is 0 Å². The van der Waals surface area contributed by atoms with Crippen LogP contribution in [0.1, 0.15) is 36.8 Å². The number of ether oxygens (including phenoxy) is 1. The number of benzene rings is 1. The summed E-state index contributed by atoms with van der Waals surface area (Å²) in [6.45, 7) is 1.53. The Morgan fingerprint density at radius 1 is 1.33 bits per heavy atom. The highest BCUT2D eigenvalue weighted by molar-refractivity contribution is 5.79. The summed E-state index contributed by atoms with van der Waals surface area (Å²) < 4.78 is 5.44. The van der Waals surface area contributed by atoms with E-state index in [9.17, 15) is 4.79 Å². The summed E-state index contributed by atoms with van der Waals surface area (Å²) in [5, 5.41) is 0. The summed E-state index contributed by atoms with van der Waals surface area (Å²) in [5.41, 5.74) is 9.17. The van der Waals surface area contributed by atoms with E-state index < -0.39 is 0 Å². The summed E-state index contributed by atoms with van der Waals surface area (Å²) >= 11 is 0. The molecule has 4 nitrogen and oxygen atoms in total. The van der Waals surface area contributed by atoms with Crippen LogP contribution < -0.4 is 5.73 Å². The van der Waals surface area contributed by atoms with Gasteiger partial charge in [0.05, 0.1) is 6.10 Å². The fourth-order valence-electron chi connectivity index (χ4n) is 3.60. The van der Waals surface area contributed by atoms with Gasteiger partial charge >= 0.3 is 0 Å². The van der Waals surface area contributed by atoms with Crippen molar-refractivity contribution in [3.05, 3.63) is 29.3 Å². The maximum atomic E-state index is 12.7. The smallest absolute Gasteiger partial charge is 0.226 e. The molecule has 1 amide bonds. The fraction of sp³-hybridized carbons (Fsp3) is 0.588. The van der Waals surface area contributed by atoms with Crippen LogP contribution in [-0.2, 0) is 22.5 Å². The molecule has 1 fully saturated rings. The van der Waals surface area contributed by atoms with Crippen molar-refractivity contribution in [1.82, 2.24) is 4.90 Å². The number of carbonyl (C=O) groups is 1. The number of nitrogens with two attached hydrogens (primary N) is 1. The van der Waals surface area contributed by atoms with Gasteiger partial charge in [0, 0.05) is 31.8 Å². The molecule has 0 radical (unpaired) electrons. The second-order valence-corrected chi connectivity index (χ2v) is 6.26. The average Bonchev–Trinajstić information content (AvgIpc) is 2.53. The van der Waals surface area contributed by atoms with Crippen molar-refractivity contribution in [3.8, 4) is 0 Å². The average molecular weight is 288 g/mol. The highest BCUT2D eigenvalue weighted by Gasteiger charge is 2.31. The molecule has 0 saturated heterocycles. The first-order chi connectivity index (χ1) is 10.2. The number of fused-ring (bicyclic) bond motifs is 1. The van der Waals surface area contributed by atoms with Gasteiger partial charge in [0.2, 0.25) is 5.91 Å². The van der Waals surface area contributed by atoms with Crippen LogP contribution in [0, 0.1) is 5.92 Å². The zero-order valence-electron chi connectivity index (χ0n) is 12.7. The highest BCUT2D eigenvalue weighted by Crippen LogP contribution is 2.29. The van der Waals surface area contributed by atoms with Crippen LogP contribution in [0.3, 0.4) is 0 Å². The van der Waals surface area contributed by atoms with Gasteiger partial charge in [-0.1, -0.05) is 12.5 Å². The van der Waals surface area contributed by atoms with Crippen LogP contribution in [0.5, 0.6) is 0 Å². The predicted molar refractivity (Wildman–Crippen MR) is 82.7 cm³/mol. The molecule has 1 saturated carbocycles. The Morgan fingerprint density at radius 2 is 2.19 bits per heavy atom. The fourth-order valence-corrected chi connectivity index (χ4v) is 3.60. The summed E-state index contributed by atoms with van der Waals surface area (Å²) in [5.74, 6) is 0.443. The second kappa shape index (κ2) is 6.06. The summed E-state index contributed by atoms with van der Waals surface area (Å²) in [6, 6.07) is 6.02. The van der Waals surface area contributed by atoms with E-state index in [0.717, 1.165) is 50.9 Å². The first-order valence-electron chi connectivity index (χ1n) is 7.86. The Balaban J connectivity index is 1.68. The van der Waals surface area contributed by atoms with Crippen molar-refractivity contribution in [2.45, 2.75) is 44.8 Å². The number of nitrogens with zero attached hydrogens (tertiary/aromatic N) is 1. The third kappa shape index (κ3) is 3.05. The van der Waals surface area contributed by atoms with Crippen LogP contribution in [0.2, 0.25) is 0 Å². The maximum absolute atomic E-state index is 12.7. The Kier molecular flexibility index (Phi) is 4.15. The molecule has 0 bridgehead atoms. The molecular weight excluding hydrogens is 264 g/mol. The number of hydrogen-bond donors (Lipinski definition) is 1. The maximum Gasteiger partial charge on any atom is 0.226 e. The number of anilines is 1. The number of carbonyl (C=O) groups excluding carboxylic acids is 1. The van der Waals surface area contributed by atoms with Gasteiger partial charge in [-0.15, -0.1) is 0 Å². The lowest BCUT2D eigenvalue weighted by Crippen LogP contribution is -2.42. The van der Waals surface area contributed by atoms with Gasteiger partial charge in [-0.2, -0.15) is 0 Å². The molecule has 0 aromatic heterocycles. The Morgan fingerprint density at radius 3 is 3.00 bits per heavy atom. The van der Waals surface area contributed by atoms with E-state index in [1.54, 1.807) is 7.11 Å². The van der Waals surface area contributed by atoms with Crippen molar-refractivity contribution in [2.75, 3.05) is 19.4 Å². The normalized spacial score (nSPS) is 25.5. The third-order valence-electron chi connectivity index (χ3n) is 4.86. The minimum absolute atomic E-state index is 0.138. The summed E-state index contributed by atoms with van der Waals surface area (Å²) in [6.07, 6.45) is 5.22. The molecule has 1 aliphatic heterocycles. The molecule has 2 N–H and O–H groups in total. The van der Waals surface area contributed by atoms with Crippen molar-refractivity contribution in [3.63, 3.8) is 0 Å². The monoisotopic (exact) mass is 288 g/mol. The largest absolute Gasteiger partial charge is 0.399 e. The van der Waals surface area contributed by atoms with Crippen molar-refractivity contribution < 1.29 is 9.53 Å². The number of amides is 1. The first kappa shape index (κ1) is 14.4. The van der Waals surface area contributed by atoms with Gasteiger partial charge < -0.3 is 15.4 Å². The Bertz CT molecular complexity index is 530. The molecule has 0 spiro atoms. The molecular formula is C17H24N2O2. The molecule has 1 heterocycles. The SMILES string of the molecule is COC1CCCC(C(=O)N2CCc3cc(N)ccc3C2)C1. The van der Waals surface area contributed by atoms with Gasteiger partial charge in [-0.3, -0.25) is 4.79 Å². The van der Waals surface area contributed by atoms with E-state index >= 15 is 0 Å². The molecule has 2 aliphatic rings. The van der Waals surface area contributed by atoms with Gasteiger partial charge in [0.1, 0.15) is 0 Å². The third-order valence-corrected chi connectivity index (χ3v) is 4.86. The zero-order chi connectivity index (χ0) is 14.8. The number of methoxy groups -OCH3 is 1. The minimum atomic E-state index is 0.138. The Hall–Kier alpha value is -1.55. The van der Waals surface area contributed by atoms with Crippen LogP contribution in [0.25, 0.3) is 0 Å². The number of nitrogen functional groups attached to an aromatic ring is 1. The van der Waals surface area contributed by atoms with E-state index in [1.165, 1.54) is 11.1 Å². The van der Waals surface area contributed by atoms with Crippen LogP contribution in [0.4, 0.5) is 5.69 Å². The van der Waals surface area contributed by atoms with Gasteiger partial charge in [0.25, 0.3) is 0 Å². The second-order valence-electron chi connectivity index (χ2n) is 6.26. The highest BCUT2D eigenvalue weighted by atomic mass is 16.5. The molecule has 1 aromatic rings. The minimum Gasteiger partial charge on any atom is -0.399 e. The van der Waals surface area contributed by atoms with Crippen molar-refractivity contribution >= 4 is 11.6 Å². The predicted octanol–water partition coefficient (Wildman–Crippen LogP) is 2.36. The molecule has 2 atom stereocenters. The van der Waals surface area contributed by atoms with E-state index in [1.807, 2.05) is 17.0 Å². The van der Waals surface area contributed by atoms with Crippen molar-refractivity contribution in [2.24, 2.45) is 5.92 Å². The quantitative estimate of drug-likeness (QED) is 0.850. The molecule has 2 unspecified atom stereocenters. The lowest BCUT2D eigenvalue weighted by molar-refractivity contribution is -0.139. The van der Waals surface area contributed by atoms with Gasteiger partial charge in [-0.25, -0.2) is 0 Å². The van der Waals surface area contributed by atoms with Crippen LogP contribution in [0.15, 0.2) is 18.2 Å². The van der Waals surface area contributed by atoms with E-state index in [0.29, 0.717) is 5.91 Å². The van der Waals surface area contributed by atoms with E-state index in [-0.39, 0.29) is 12.0 Å². The zero-order valence-corrected chi connectivity index (χ0v) is 12.7. The topological polar surface area (TPSA) is 55.6 Å². The number of hydrogen-bond acceptors (Lipinski definition) is 3. The summed E-state index contributed by atoms with van der Waals surface area (Å²) in [7, 11) is 1.75. The lowest BCUT2D eigenvalue weighted by atomic mass is 9.85. The molecule has 1 aromatic carbocycles. The molecule has 3 rings (SSSR count). The van der Waals surface area contributed by atoms with E-state index in [4.69, 9.17) is 10.5 Å². The van der Waals surface area contributed by atoms with Crippen LogP contribution in [-0.4, -0.2) is 30.6 Å². The summed E-state index contributed by atoms with van der Waals surface area (Å²) in [4.78, 5) is 14.8. The van der Waals surface area contributed by atoms with Gasteiger partial charge in [-0.05, 0) is 48.9 Å². The standard InChI is InChI=1S/C17H24N2O2/c1-21-16-4-2-3-13(10-16)17(20)19-8-7-12-9-15(18)6-5-14(12)11-19/h5-6,9,13,16H,2-4,7-8,10-11,18H2,1H3. The van der Waals surface area contributed by atoms with Crippen LogP contribution >= 0.6 is 0 Å². The van der Waals surface area contributed by atoms with Crippen molar-refractivity contribution in [1.29, 1.82) is 0 Å². The van der Waals surface area contributed by atoms with E-state index in [2.05, 4.69) is 6.07 Å². The Labute approximate surface area is 126 Å².